The minimum atomic E-state index is -0.584. The van der Waals surface area contributed by atoms with Crippen molar-refractivity contribution in [1.29, 1.82) is 0 Å². The number of halogens is 1. The number of ketones is 1. The first kappa shape index (κ1) is 5.48. The lowest BCUT2D eigenvalue weighted by atomic mass is 10.2. The third-order valence-corrected chi connectivity index (χ3v) is 1.26. The third-order valence-electron chi connectivity index (χ3n) is 1.26. The van der Waals surface area contributed by atoms with Gasteiger partial charge in [-0.15, -0.1) is 0 Å². The predicted octanol–water partition coefficient (Wildman–Crippen LogP) is 1.25. The molecule has 1 aliphatic rings. The summed E-state index contributed by atoms with van der Waals surface area (Å²) in [6.07, 6.45) is 2.92. The van der Waals surface area contributed by atoms with E-state index in [-0.39, 0.29) is 5.78 Å². The average Bonchev–Trinajstić information content (AvgIpc) is 2.14. The van der Waals surface area contributed by atoms with Crippen LogP contribution in [0.4, 0.5) is 4.39 Å². The highest BCUT2D eigenvalue weighted by Gasteiger charge is 2.13. The minimum Gasteiger partial charge on any atom is -0.294 e. The van der Waals surface area contributed by atoms with Crippen LogP contribution >= 0.6 is 0 Å². The van der Waals surface area contributed by atoms with Crippen LogP contribution in [0.25, 0.3) is 0 Å². The number of allylic oxidation sites excluding steroid dienone is 2. The van der Waals surface area contributed by atoms with Gasteiger partial charge in [0.05, 0.1) is 0 Å². The van der Waals surface area contributed by atoms with E-state index in [1.165, 1.54) is 0 Å². The van der Waals surface area contributed by atoms with E-state index in [0.717, 1.165) is 6.42 Å². The Morgan fingerprint density at radius 1 is 1.75 bits per heavy atom. The number of carbonyl (C=O) groups is 1. The zero-order chi connectivity index (χ0) is 5.98. The van der Waals surface area contributed by atoms with Crippen molar-refractivity contribution in [3.63, 3.8) is 0 Å². The van der Waals surface area contributed by atoms with Crippen LogP contribution in [-0.2, 0) is 4.79 Å². The summed E-state index contributed by atoms with van der Waals surface area (Å²) in [5.74, 6) is -0.0208. The quantitative estimate of drug-likeness (QED) is 0.501. The highest BCUT2D eigenvalue weighted by atomic mass is 19.1. The Morgan fingerprint density at radius 3 is 2.75 bits per heavy atom. The van der Waals surface area contributed by atoms with Gasteiger partial charge in [-0.3, -0.25) is 4.79 Å². The van der Waals surface area contributed by atoms with Gasteiger partial charge in [-0.25, -0.2) is 4.39 Å². The molecule has 0 unspecified atom stereocenters. The maximum atomic E-state index is 11.7. The molecular weight excluding hydrogens is 107 g/mol. The molecule has 0 saturated heterocycles. The van der Waals surface area contributed by atoms with E-state index in [9.17, 15) is 9.18 Å². The summed E-state index contributed by atoms with van der Waals surface area (Å²) in [7, 11) is 0. The molecule has 0 amide bonds. The van der Waals surface area contributed by atoms with Gasteiger partial charge in [0.2, 0.25) is 0 Å². The second-order valence-corrected chi connectivity index (χ2v) is 1.82. The average molecular weight is 114 g/mol. The van der Waals surface area contributed by atoms with E-state index in [0.29, 0.717) is 12.0 Å². The molecule has 1 nitrogen and oxygen atoms in total. The molecule has 0 heterocycles. The molecular formula is C6H7FO. The van der Waals surface area contributed by atoms with E-state index < -0.39 is 6.67 Å². The molecule has 8 heavy (non-hydrogen) atoms. The second kappa shape index (κ2) is 2.07. The fourth-order valence-corrected chi connectivity index (χ4v) is 0.781. The topological polar surface area (TPSA) is 17.1 Å². The monoisotopic (exact) mass is 114 g/mol. The van der Waals surface area contributed by atoms with Crippen LogP contribution in [0.15, 0.2) is 11.6 Å². The molecule has 0 spiro atoms. The fraction of sp³-hybridized carbons (Fsp3) is 0.500. The van der Waals surface area contributed by atoms with Crippen molar-refractivity contribution in [3.05, 3.63) is 11.6 Å². The number of hydrogen-bond donors (Lipinski definition) is 0. The van der Waals surface area contributed by atoms with Crippen molar-refractivity contribution < 1.29 is 9.18 Å². The highest BCUT2D eigenvalue weighted by Crippen LogP contribution is 2.13. The van der Waals surface area contributed by atoms with Crippen molar-refractivity contribution in [2.24, 2.45) is 0 Å². The van der Waals surface area contributed by atoms with Crippen molar-refractivity contribution in [2.75, 3.05) is 6.67 Å². The lowest BCUT2D eigenvalue weighted by molar-refractivity contribution is -0.115. The van der Waals surface area contributed by atoms with Crippen molar-refractivity contribution in [2.45, 2.75) is 12.8 Å². The Labute approximate surface area is 47.2 Å². The Kier molecular flexibility index (Phi) is 1.42. The molecule has 2 heteroatoms. The smallest absolute Gasteiger partial charge is 0.161 e. The number of hydrogen-bond acceptors (Lipinski definition) is 1. The molecule has 0 aromatic heterocycles. The summed E-state index contributed by atoms with van der Waals surface area (Å²) in [5, 5.41) is 0. The molecule has 1 aliphatic carbocycles. The first-order chi connectivity index (χ1) is 3.84. The highest BCUT2D eigenvalue weighted by molar-refractivity contribution is 5.97. The van der Waals surface area contributed by atoms with Crippen LogP contribution in [0.2, 0.25) is 0 Å². The molecule has 0 N–H and O–H groups in total. The number of Topliss-reactive ketones (excluding diaryl/α,β-unsaturated/α-hetero) is 1. The normalized spacial score (nSPS) is 19.1. The van der Waals surface area contributed by atoms with Gasteiger partial charge in [-0.2, -0.15) is 0 Å². The molecule has 0 radical (unpaired) electrons. The second-order valence-electron chi connectivity index (χ2n) is 1.82. The zero-order valence-corrected chi connectivity index (χ0v) is 4.48. The summed E-state index contributed by atoms with van der Waals surface area (Å²) >= 11 is 0. The standard InChI is InChI=1S/C6H7FO/c7-4-5-2-1-3-6(5)8/h2H,1,3-4H2. The minimum absolute atomic E-state index is 0.0208. The zero-order valence-electron chi connectivity index (χ0n) is 4.48. The van der Waals surface area contributed by atoms with Gasteiger partial charge in [0, 0.05) is 12.0 Å². The van der Waals surface area contributed by atoms with E-state index in [2.05, 4.69) is 0 Å². The number of rotatable bonds is 1. The molecule has 0 aromatic carbocycles. The Morgan fingerprint density at radius 2 is 2.50 bits per heavy atom. The van der Waals surface area contributed by atoms with Gasteiger partial charge < -0.3 is 0 Å². The van der Waals surface area contributed by atoms with Crippen molar-refractivity contribution >= 4 is 5.78 Å². The lowest BCUT2D eigenvalue weighted by Gasteiger charge is -1.86. The van der Waals surface area contributed by atoms with Gasteiger partial charge >= 0.3 is 0 Å². The van der Waals surface area contributed by atoms with Gasteiger partial charge in [0.15, 0.2) is 5.78 Å². The SMILES string of the molecule is O=C1CCC=C1CF. The molecule has 0 aromatic rings. The number of alkyl halides is 1. The molecule has 1 rings (SSSR count). The van der Waals surface area contributed by atoms with E-state index in [1.54, 1.807) is 6.08 Å². The van der Waals surface area contributed by atoms with Crippen LogP contribution in [0.1, 0.15) is 12.8 Å². The molecule has 0 aliphatic heterocycles. The van der Waals surface area contributed by atoms with E-state index >= 15 is 0 Å². The van der Waals surface area contributed by atoms with Crippen LogP contribution in [0.3, 0.4) is 0 Å². The fourth-order valence-electron chi connectivity index (χ4n) is 0.781. The van der Waals surface area contributed by atoms with Crippen LogP contribution in [-0.4, -0.2) is 12.5 Å². The van der Waals surface area contributed by atoms with Crippen LogP contribution in [0, 0.1) is 0 Å². The summed E-state index contributed by atoms with van der Waals surface area (Å²) in [5.41, 5.74) is 0.366. The Balaban J connectivity index is 2.62. The van der Waals surface area contributed by atoms with Gasteiger partial charge in [0.25, 0.3) is 0 Å². The molecule has 44 valence electrons. The predicted molar refractivity (Wildman–Crippen MR) is 28.3 cm³/mol. The van der Waals surface area contributed by atoms with Gasteiger partial charge in [-0.1, -0.05) is 6.08 Å². The van der Waals surface area contributed by atoms with E-state index in [1.807, 2.05) is 0 Å². The maximum absolute atomic E-state index is 11.7. The molecule has 0 bridgehead atoms. The summed E-state index contributed by atoms with van der Waals surface area (Å²) < 4.78 is 11.7. The maximum Gasteiger partial charge on any atom is 0.161 e. The van der Waals surface area contributed by atoms with Crippen molar-refractivity contribution in [1.82, 2.24) is 0 Å². The Bertz CT molecular complexity index is 137. The van der Waals surface area contributed by atoms with Crippen molar-refractivity contribution in [3.8, 4) is 0 Å². The van der Waals surface area contributed by atoms with Gasteiger partial charge in [0.1, 0.15) is 6.67 Å². The van der Waals surface area contributed by atoms with E-state index in [4.69, 9.17) is 0 Å². The lowest BCUT2D eigenvalue weighted by Crippen LogP contribution is -1.95. The first-order valence-electron chi connectivity index (χ1n) is 2.63. The largest absolute Gasteiger partial charge is 0.294 e. The summed E-state index contributed by atoms with van der Waals surface area (Å²) in [6.45, 7) is -0.584. The summed E-state index contributed by atoms with van der Waals surface area (Å²) in [6, 6.07) is 0. The molecule has 0 saturated carbocycles. The van der Waals surface area contributed by atoms with Crippen LogP contribution < -0.4 is 0 Å². The Hall–Kier alpha value is -0.660. The molecule has 0 atom stereocenters. The number of carbonyl (C=O) groups excluding carboxylic acids is 1. The molecule has 0 fully saturated rings. The first-order valence-corrected chi connectivity index (χ1v) is 2.63. The summed E-state index contributed by atoms with van der Waals surface area (Å²) in [4.78, 5) is 10.5. The third kappa shape index (κ3) is 0.782. The van der Waals surface area contributed by atoms with Crippen LogP contribution in [0.5, 0.6) is 0 Å². The van der Waals surface area contributed by atoms with Gasteiger partial charge in [-0.05, 0) is 6.42 Å².